The molecule has 6 N–H and O–H groups in total. The van der Waals surface area contributed by atoms with E-state index in [1.54, 1.807) is 4.72 Å². The van der Waals surface area contributed by atoms with E-state index in [1.807, 2.05) is 0 Å². The molecule has 12 nitrogen and oxygen atoms in total. The Bertz CT molecular complexity index is 557. The van der Waals surface area contributed by atoms with E-state index in [0.29, 0.717) is 0 Å². The zero-order valence-electron chi connectivity index (χ0n) is 10.9. The highest BCUT2D eigenvalue weighted by molar-refractivity contribution is 7.87. The van der Waals surface area contributed by atoms with Crippen molar-refractivity contribution in [3.8, 4) is 0 Å². The van der Waals surface area contributed by atoms with Crippen LogP contribution in [-0.4, -0.2) is 64.8 Å². The summed E-state index contributed by atoms with van der Waals surface area (Å²) in [5.41, 5.74) is 0. The van der Waals surface area contributed by atoms with Gasteiger partial charge in [-0.1, -0.05) is 0 Å². The van der Waals surface area contributed by atoms with Gasteiger partial charge in [-0.25, -0.2) is 0 Å². The number of carbonyl (C=O) groups is 4. The Morgan fingerprint density at radius 2 is 1.27 bits per heavy atom. The molecular weight excluding hydrogens is 328 g/mol. The minimum Gasteiger partial charge on any atom is -0.481 e. The lowest BCUT2D eigenvalue weighted by atomic mass is 10.2. The molecule has 126 valence electrons. The number of rotatable bonds is 11. The summed E-state index contributed by atoms with van der Waals surface area (Å²) in [6.07, 6.45) is -2.29. The molecular formula is C9H14N2O10S. The van der Waals surface area contributed by atoms with Gasteiger partial charge in [0, 0.05) is 6.42 Å². The van der Waals surface area contributed by atoms with Crippen LogP contribution >= 0.6 is 0 Å². The first-order chi connectivity index (χ1) is 9.94. The first-order valence-electron chi connectivity index (χ1n) is 5.63. The third-order valence-electron chi connectivity index (χ3n) is 2.22. The Morgan fingerprint density at radius 3 is 1.64 bits per heavy atom. The largest absolute Gasteiger partial charge is 0.481 e. The van der Waals surface area contributed by atoms with Gasteiger partial charge in [-0.2, -0.15) is 17.9 Å². The quantitative estimate of drug-likeness (QED) is 0.235. The lowest BCUT2D eigenvalue weighted by Gasteiger charge is -2.17. The predicted molar refractivity (Wildman–Crippen MR) is 67.2 cm³/mol. The zero-order chi connectivity index (χ0) is 17.5. The molecule has 0 aliphatic heterocycles. The molecule has 0 saturated heterocycles. The number of carboxylic acids is 4. The maximum absolute atomic E-state index is 11.6. The molecule has 0 aromatic heterocycles. The predicted octanol–water partition coefficient (Wildman–Crippen LogP) is -2.34. The van der Waals surface area contributed by atoms with Gasteiger partial charge in [0.15, 0.2) is 0 Å². The van der Waals surface area contributed by atoms with Gasteiger partial charge in [0.05, 0.1) is 6.42 Å². The second kappa shape index (κ2) is 8.26. The third kappa shape index (κ3) is 8.13. The summed E-state index contributed by atoms with van der Waals surface area (Å²) in [5.74, 6) is -6.38. The lowest BCUT2D eigenvalue weighted by molar-refractivity contribution is -0.145. The van der Waals surface area contributed by atoms with E-state index in [2.05, 4.69) is 0 Å². The number of hydrogen-bond acceptors (Lipinski definition) is 6. The molecule has 0 aliphatic carbocycles. The average molecular weight is 342 g/mol. The second-order valence-corrected chi connectivity index (χ2v) is 5.53. The summed E-state index contributed by atoms with van der Waals surface area (Å²) < 4.78 is 26.2. The molecule has 0 unspecified atom stereocenters. The highest BCUT2D eigenvalue weighted by Crippen LogP contribution is 2.02. The van der Waals surface area contributed by atoms with Gasteiger partial charge >= 0.3 is 23.9 Å². The molecule has 0 saturated carbocycles. The first kappa shape index (κ1) is 19.8. The van der Waals surface area contributed by atoms with Crippen LogP contribution in [0.5, 0.6) is 0 Å². The normalized spacial score (nSPS) is 14.0. The third-order valence-corrected chi connectivity index (χ3v) is 3.41. The summed E-state index contributed by atoms with van der Waals surface area (Å²) in [4.78, 5) is 42.3. The summed E-state index contributed by atoms with van der Waals surface area (Å²) in [6, 6.07) is -3.82. The SMILES string of the molecule is O=C(O)CC[C@H](NS(=O)(=O)N[C@@H](CC(=O)O)C(=O)O)C(=O)O. The number of nitrogens with one attached hydrogen (secondary N) is 2. The van der Waals surface area contributed by atoms with E-state index >= 15 is 0 Å². The molecule has 0 heterocycles. The molecule has 0 aliphatic rings. The Kier molecular flexibility index (Phi) is 7.41. The Labute approximate surface area is 123 Å². The van der Waals surface area contributed by atoms with Crippen LogP contribution in [-0.2, 0) is 29.4 Å². The Balaban J connectivity index is 4.95. The van der Waals surface area contributed by atoms with Crippen molar-refractivity contribution in [1.29, 1.82) is 0 Å². The summed E-state index contributed by atoms with van der Waals surface area (Å²) in [5, 5.41) is 34.4. The average Bonchev–Trinajstić information content (AvgIpc) is 2.32. The van der Waals surface area contributed by atoms with Crippen molar-refractivity contribution in [2.75, 3.05) is 0 Å². The first-order valence-corrected chi connectivity index (χ1v) is 7.11. The van der Waals surface area contributed by atoms with Crippen LogP contribution in [0.4, 0.5) is 0 Å². The standard InChI is InChI=1S/C9H14N2O10S/c12-6(13)2-1-4(8(16)17)10-22(20,21)11-5(9(18)19)3-7(14)15/h4-5,10-11H,1-3H2,(H,12,13)(H,14,15)(H,16,17)(H,18,19)/t4-,5-/m0/s1. The van der Waals surface area contributed by atoms with Crippen LogP contribution in [0.3, 0.4) is 0 Å². The van der Waals surface area contributed by atoms with Crippen molar-refractivity contribution in [1.82, 2.24) is 9.44 Å². The topological polar surface area (TPSA) is 207 Å². The molecule has 0 fully saturated rings. The van der Waals surface area contributed by atoms with Crippen LogP contribution in [0.1, 0.15) is 19.3 Å². The fraction of sp³-hybridized carbons (Fsp3) is 0.556. The monoisotopic (exact) mass is 342 g/mol. The summed E-state index contributed by atoms with van der Waals surface area (Å²) >= 11 is 0. The highest BCUT2D eigenvalue weighted by Gasteiger charge is 2.30. The van der Waals surface area contributed by atoms with Crippen molar-refractivity contribution in [3.05, 3.63) is 0 Å². The van der Waals surface area contributed by atoms with Crippen molar-refractivity contribution < 1.29 is 48.0 Å². The maximum atomic E-state index is 11.6. The molecule has 0 aromatic rings. The molecule has 0 rings (SSSR count). The fourth-order valence-corrected chi connectivity index (χ4v) is 2.48. The van der Waals surface area contributed by atoms with Gasteiger partial charge in [0.1, 0.15) is 12.1 Å². The van der Waals surface area contributed by atoms with Crippen LogP contribution in [0.2, 0.25) is 0 Å². The van der Waals surface area contributed by atoms with Gasteiger partial charge in [-0.3, -0.25) is 19.2 Å². The van der Waals surface area contributed by atoms with Crippen molar-refractivity contribution in [3.63, 3.8) is 0 Å². The molecule has 13 heteroatoms. The number of aliphatic carboxylic acids is 4. The van der Waals surface area contributed by atoms with E-state index in [-0.39, 0.29) is 0 Å². The smallest absolute Gasteiger partial charge is 0.322 e. The van der Waals surface area contributed by atoms with Gasteiger partial charge in [0.25, 0.3) is 10.2 Å². The van der Waals surface area contributed by atoms with E-state index in [4.69, 9.17) is 20.4 Å². The molecule has 2 atom stereocenters. The molecule has 0 radical (unpaired) electrons. The van der Waals surface area contributed by atoms with Crippen molar-refractivity contribution in [2.24, 2.45) is 0 Å². The van der Waals surface area contributed by atoms with Gasteiger partial charge < -0.3 is 20.4 Å². The zero-order valence-corrected chi connectivity index (χ0v) is 11.7. The Hall–Kier alpha value is -2.25. The number of hydrogen-bond donors (Lipinski definition) is 6. The summed E-state index contributed by atoms with van der Waals surface area (Å²) in [7, 11) is -4.68. The highest BCUT2D eigenvalue weighted by atomic mass is 32.2. The van der Waals surface area contributed by atoms with E-state index in [9.17, 15) is 27.6 Å². The molecule has 0 spiro atoms. The Morgan fingerprint density at radius 1 is 0.818 bits per heavy atom. The maximum Gasteiger partial charge on any atom is 0.322 e. The minimum absolute atomic E-state index is 0.581. The van der Waals surface area contributed by atoms with Crippen molar-refractivity contribution >= 4 is 34.1 Å². The van der Waals surface area contributed by atoms with Crippen LogP contribution in [0.15, 0.2) is 0 Å². The molecule has 0 amide bonds. The van der Waals surface area contributed by atoms with Crippen molar-refractivity contribution in [2.45, 2.75) is 31.3 Å². The van der Waals surface area contributed by atoms with Gasteiger partial charge in [-0.05, 0) is 6.42 Å². The molecule has 22 heavy (non-hydrogen) atoms. The van der Waals surface area contributed by atoms with E-state index < -0.39 is 65.4 Å². The molecule has 0 aromatic carbocycles. The van der Waals surface area contributed by atoms with Crippen LogP contribution < -0.4 is 9.44 Å². The minimum atomic E-state index is -4.68. The number of carboxylic acid groups (broad SMARTS) is 4. The summed E-state index contributed by atoms with van der Waals surface area (Å²) in [6.45, 7) is 0. The van der Waals surface area contributed by atoms with E-state index in [0.717, 1.165) is 0 Å². The van der Waals surface area contributed by atoms with Crippen LogP contribution in [0, 0.1) is 0 Å². The fourth-order valence-electron chi connectivity index (χ4n) is 1.26. The molecule has 0 bridgehead atoms. The van der Waals surface area contributed by atoms with Gasteiger partial charge in [-0.15, -0.1) is 0 Å². The second-order valence-electron chi connectivity index (χ2n) is 4.05. The van der Waals surface area contributed by atoms with Gasteiger partial charge in [0.2, 0.25) is 0 Å². The van der Waals surface area contributed by atoms with E-state index in [1.165, 1.54) is 4.72 Å². The lowest BCUT2D eigenvalue weighted by Crippen LogP contribution is -2.51. The van der Waals surface area contributed by atoms with Crippen LogP contribution in [0.25, 0.3) is 0 Å².